The van der Waals surface area contributed by atoms with E-state index in [4.69, 9.17) is 0 Å². The highest BCUT2D eigenvalue weighted by Gasteiger charge is 2.43. The summed E-state index contributed by atoms with van der Waals surface area (Å²) in [6.45, 7) is 6.45. The quantitative estimate of drug-likeness (QED) is 0.893. The molecular formula is C20H30N2O. The average molecular weight is 314 g/mol. The second-order valence-corrected chi connectivity index (χ2v) is 7.56. The van der Waals surface area contributed by atoms with Gasteiger partial charge in [0.2, 0.25) is 5.91 Å². The largest absolute Gasteiger partial charge is 0.353 e. The number of nitrogens with one attached hydrogen (secondary N) is 2. The van der Waals surface area contributed by atoms with Gasteiger partial charge in [0.15, 0.2) is 0 Å². The number of amides is 1. The maximum atomic E-state index is 13.1. The molecule has 1 aromatic rings. The fourth-order valence-corrected chi connectivity index (χ4v) is 4.10. The Morgan fingerprint density at radius 3 is 2.30 bits per heavy atom. The molecule has 3 rings (SSSR count). The van der Waals surface area contributed by atoms with Crippen molar-refractivity contribution in [1.82, 2.24) is 10.6 Å². The van der Waals surface area contributed by atoms with Crippen LogP contribution >= 0.6 is 0 Å². The lowest BCUT2D eigenvalue weighted by molar-refractivity contribution is -0.127. The third-order valence-electron chi connectivity index (χ3n) is 5.70. The highest BCUT2D eigenvalue weighted by Crippen LogP contribution is 2.42. The maximum Gasteiger partial charge on any atom is 0.230 e. The van der Waals surface area contributed by atoms with E-state index in [2.05, 4.69) is 48.7 Å². The Morgan fingerprint density at radius 2 is 1.74 bits per heavy atom. The summed E-state index contributed by atoms with van der Waals surface area (Å²) in [6, 6.07) is 9.15. The summed E-state index contributed by atoms with van der Waals surface area (Å²) < 4.78 is 0. The Morgan fingerprint density at radius 1 is 1.13 bits per heavy atom. The van der Waals surface area contributed by atoms with Crippen LogP contribution in [-0.4, -0.2) is 25.0 Å². The van der Waals surface area contributed by atoms with Crippen molar-refractivity contribution >= 4 is 5.91 Å². The van der Waals surface area contributed by atoms with Gasteiger partial charge in [-0.1, -0.05) is 51.0 Å². The van der Waals surface area contributed by atoms with E-state index >= 15 is 0 Å². The van der Waals surface area contributed by atoms with Crippen LogP contribution in [0.3, 0.4) is 0 Å². The monoisotopic (exact) mass is 314 g/mol. The fourth-order valence-electron chi connectivity index (χ4n) is 4.10. The van der Waals surface area contributed by atoms with Gasteiger partial charge in [-0.15, -0.1) is 0 Å². The molecule has 3 nitrogen and oxygen atoms in total. The van der Waals surface area contributed by atoms with Crippen LogP contribution in [0.1, 0.15) is 69.4 Å². The van der Waals surface area contributed by atoms with Crippen molar-refractivity contribution in [1.29, 1.82) is 0 Å². The van der Waals surface area contributed by atoms with E-state index < -0.39 is 0 Å². The standard InChI is InChI=1S/C20H30N2O/c1-15(2)16-5-7-17(8-6-16)20(11-3-4-12-20)19(23)22-18-9-13-21-14-10-18/h5-8,15,18,21H,3-4,9-14H2,1-2H3,(H,22,23). The van der Waals surface area contributed by atoms with Crippen molar-refractivity contribution in [2.45, 2.75) is 69.7 Å². The van der Waals surface area contributed by atoms with Crippen LogP contribution in [0, 0.1) is 0 Å². The molecule has 0 unspecified atom stereocenters. The summed E-state index contributed by atoms with van der Waals surface area (Å²) in [4.78, 5) is 13.1. The van der Waals surface area contributed by atoms with Gasteiger partial charge in [-0.3, -0.25) is 4.79 Å². The minimum atomic E-state index is -0.291. The highest BCUT2D eigenvalue weighted by atomic mass is 16.2. The lowest BCUT2D eigenvalue weighted by atomic mass is 9.77. The smallest absolute Gasteiger partial charge is 0.230 e. The SMILES string of the molecule is CC(C)c1ccc(C2(C(=O)NC3CCNCC3)CCCC2)cc1. The number of rotatable bonds is 4. The molecule has 0 spiro atoms. The van der Waals surface area contributed by atoms with E-state index in [1.807, 2.05) is 0 Å². The lowest BCUT2D eigenvalue weighted by Crippen LogP contribution is -2.50. The van der Waals surface area contributed by atoms with E-state index in [1.165, 1.54) is 11.1 Å². The van der Waals surface area contributed by atoms with Crippen molar-refractivity contribution < 1.29 is 4.79 Å². The predicted molar refractivity (Wildman–Crippen MR) is 94.7 cm³/mol. The van der Waals surface area contributed by atoms with Crippen molar-refractivity contribution in [3.63, 3.8) is 0 Å². The molecule has 0 bridgehead atoms. The van der Waals surface area contributed by atoms with Crippen LogP contribution < -0.4 is 10.6 Å². The average Bonchev–Trinajstić information content (AvgIpc) is 3.07. The predicted octanol–water partition coefficient (Wildman–Crippen LogP) is 3.49. The Hall–Kier alpha value is -1.35. The fraction of sp³-hybridized carbons (Fsp3) is 0.650. The minimum Gasteiger partial charge on any atom is -0.353 e. The molecule has 0 atom stereocenters. The van der Waals surface area contributed by atoms with E-state index in [-0.39, 0.29) is 11.3 Å². The first-order chi connectivity index (χ1) is 11.1. The zero-order chi connectivity index (χ0) is 16.3. The van der Waals surface area contributed by atoms with E-state index in [0.717, 1.165) is 51.6 Å². The van der Waals surface area contributed by atoms with Gasteiger partial charge in [0, 0.05) is 6.04 Å². The van der Waals surface area contributed by atoms with Crippen LogP contribution in [0.25, 0.3) is 0 Å². The number of benzene rings is 1. The third-order valence-corrected chi connectivity index (χ3v) is 5.70. The third kappa shape index (κ3) is 3.45. The van der Waals surface area contributed by atoms with Crippen LogP contribution in [0.2, 0.25) is 0 Å². The number of piperidine rings is 1. The zero-order valence-corrected chi connectivity index (χ0v) is 14.5. The number of hydrogen-bond acceptors (Lipinski definition) is 2. The molecule has 126 valence electrons. The molecule has 1 aromatic carbocycles. The summed E-state index contributed by atoms with van der Waals surface area (Å²) in [6.07, 6.45) is 6.40. The van der Waals surface area contributed by atoms with Crippen molar-refractivity contribution in [3.05, 3.63) is 35.4 Å². The molecule has 1 amide bonds. The lowest BCUT2D eigenvalue weighted by Gasteiger charge is -2.32. The molecular weight excluding hydrogens is 284 g/mol. The summed E-state index contributed by atoms with van der Waals surface area (Å²) in [5, 5.41) is 6.72. The molecule has 1 aliphatic heterocycles. The van der Waals surface area contributed by atoms with Gasteiger partial charge in [-0.05, 0) is 55.8 Å². The topological polar surface area (TPSA) is 41.1 Å². The summed E-state index contributed by atoms with van der Waals surface area (Å²) in [7, 11) is 0. The first-order valence-corrected chi connectivity index (χ1v) is 9.24. The molecule has 2 fully saturated rings. The van der Waals surface area contributed by atoms with Crippen molar-refractivity contribution in [3.8, 4) is 0 Å². The summed E-state index contributed by atoms with van der Waals surface area (Å²) >= 11 is 0. The molecule has 1 saturated carbocycles. The van der Waals surface area contributed by atoms with Crippen LogP contribution in [0.5, 0.6) is 0 Å². The molecule has 3 heteroatoms. The van der Waals surface area contributed by atoms with Crippen LogP contribution in [0.4, 0.5) is 0 Å². The molecule has 2 N–H and O–H groups in total. The van der Waals surface area contributed by atoms with Crippen LogP contribution in [0.15, 0.2) is 24.3 Å². The van der Waals surface area contributed by atoms with Gasteiger partial charge in [0.1, 0.15) is 0 Å². The molecule has 1 saturated heterocycles. The van der Waals surface area contributed by atoms with Gasteiger partial charge in [-0.2, -0.15) is 0 Å². The number of carbonyl (C=O) groups is 1. The van der Waals surface area contributed by atoms with Crippen molar-refractivity contribution in [2.75, 3.05) is 13.1 Å². The van der Waals surface area contributed by atoms with Gasteiger partial charge in [-0.25, -0.2) is 0 Å². The molecule has 1 aliphatic carbocycles. The van der Waals surface area contributed by atoms with Gasteiger partial charge in [0.05, 0.1) is 5.41 Å². The Kier molecular flexibility index (Phi) is 5.05. The van der Waals surface area contributed by atoms with Gasteiger partial charge >= 0.3 is 0 Å². The second-order valence-electron chi connectivity index (χ2n) is 7.56. The van der Waals surface area contributed by atoms with Gasteiger partial charge in [0.25, 0.3) is 0 Å². The maximum absolute atomic E-state index is 13.1. The van der Waals surface area contributed by atoms with Crippen molar-refractivity contribution in [2.24, 2.45) is 0 Å². The van der Waals surface area contributed by atoms with Crippen LogP contribution in [-0.2, 0) is 10.2 Å². The zero-order valence-electron chi connectivity index (χ0n) is 14.5. The van der Waals surface area contributed by atoms with Gasteiger partial charge < -0.3 is 10.6 Å². The summed E-state index contributed by atoms with van der Waals surface area (Å²) in [5.41, 5.74) is 2.27. The second kappa shape index (κ2) is 7.04. The molecule has 0 radical (unpaired) electrons. The first kappa shape index (κ1) is 16.5. The molecule has 2 aliphatic rings. The van der Waals surface area contributed by atoms with E-state index in [9.17, 15) is 4.79 Å². The Bertz CT molecular complexity index is 523. The van der Waals surface area contributed by atoms with E-state index in [0.29, 0.717) is 12.0 Å². The van der Waals surface area contributed by atoms with E-state index in [1.54, 1.807) is 0 Å². The molecule has 23 heavy (non-hydrogen) atoms. The highest BCUT2D eigenvalue weighted by molar-refractivity contribution is 5.88. The Balaban J connectivity index is 1.79. The number of hydrogen-bond donors (Lipinski definition) is 2. The first-order valence-electron chi connectivity index (χ1n) is 9.24. The molecule has 0 aromatic heterocycles. The number of carbonyl (C=O) groups excluding carboxylic acids is 1. The Labute approximate surface area is 140 Å². The summed E-state index contributed by atoms with van der Waals surface area (Å²) in [5.74, 6) is 0.798. The normalized spacial score (nSPS) is 21.5. The molecule has 1 heterocycles. The minimum absolute atomic E-state index is 0.263.